The van der Waals surface area contributed by atoms with E-state index >= 15 is 0 Å². The molecule has 0 aromatic heterocycles. The van der Waals surface area contributed by atoms with Gasteiger partial charge in [0.15, 0.2) is 0 Å². The van der Waals surface area contributed by atoms with Crippen molar-refractivity contribution >= 4 is 46.5 Å². The number of likely N-dealkylation sites (N-methyl/N-ethyl adjacent to an activating group) is 1. The number of fused-ring (bicyclic) bond motifs is 1. The number of anilines is 2. The van der Waals surface area contributed by atoms with Gasteiger partial charge in [0.2, 0.25) is 0 Å². The molecule has 10 nitrogen and oxygen atoms in total. The number of ether oxygens (including phenoxy) is 3. The highest BCUT2D eigenvalue weighted by Crippen LogP contribution is 2.29. The Labute approximate surface area is 299 Å². The third kappa shape index (κ3) is 11.2. The number of urea groups is 1. The second-order valence-electron chi connectivity index (χ2n) is 12.8. The number of hydrogen-bond donors (Lipinski definition) is 3. The van der Waals surface area contributed by atoms with E-state index in [1.807, 2.05) is 33.0 Å². The fourth-order valence-corrected chi connectivity index (χ4v) is 6.07. The Bertz CT molecular complexity index is 1540. The zero-order valence-corrected chi connectivity index (χ0v) is 30.4. The second kappa shape index (κ2) is 18.5. The van der Waals surface area contributed by atoms with Gasteiger partial charge in [-0.2, -0.15) is 0 Å². The maximum atomic E-state index is 14.4. The average molecular weight is 716 g/mol. The van der Waals surface area contributed by atoms with E-state index in [1.165, 1.54) is 0 Å². The van der Waals surface area contributed by atoms with Crippen LogP contribution >= 0.6 is 23.2 Å². The minimum absolute atomic E-state index is 0.0861. The van der Waals surface area contributed by atoms with Crippen LogP contribution in [0.15, 0.2) is 60.7 Å². The summed E-state index contributed by atoms with van der Waals surface area (Å²) in [4.78, 5) is 31.1. The molecule has 3 amide bonds. The van der Waals surface area contributed by atoms with Gasteiger partial charge < -0.3 is 34.9 Å². The molecule has 3 N–H and O–H groups in total. The zero-order valence-electron chi connectivity index (χ0n) is 28.9. The van der Waals surface area contributed by atoms with Crippen molar-refractivity contribution in [1.82, 2.24) is 9.80 Å². The summed E-state index contributed by atoms with van der Waals surface area (Å²) in [5.74, 6) is 0.702. The summed E-state index contributed by atoms with van der Waals surface area (Å²) in [6, 6.07) is 16.7. The third-order valence-corrected chi connectivity index (χ3v) is 9.32. The van der Waals surface area contributed by atoms with Crippen molar-refractivity contribution in [2.75, 3.05) is 51.1 Å². The number of nitrogens with one attached hydrogen (secondary N) is 2. The molecule has 1 heterocycles. The molecule has 12 heteroatoms. The molecular weight excluding hydrogens is 667 g/mol. The van der Waals surface area contributed by atoms with Crippen molar-refractivity contribution in [3.63, 3.8) is 0 Å². The Balaban J connectivity index is 1.57. The van der Waals surface area contributed by atoms with Crippen LogP contribution in [0.2, 0.25) is 10.0 Å². The molecule has 0 unspecified atom stereocenters. The van der Waals surface area contributed by atoms with Crippen LogP contribution in [0.25, 0.3) is 0 Å². The van der Waals surface area contributed by atoms with Gasteiger partial charge in [0.25, 0.3) is 5.91 Å². The topological polar surface area (TPSA) is 113 Å². The summed E-state index contributed by atoms with van der Waals surface area (Å²) in [5, 5.41) is 16.9. The van der Waals surface area contributed by atoms with Gasteiger partial charge in [0.1, 0.15) is 11.5 Å². The molecule has 266 valence electrons. The van der Waals surface area contributed by atoms with Gasteiger partial charge in [-0.25, -0.2) is 4.79 Å². The zero-order chi connectivity index (χ0) is 35.5. The summed E-state index contributed by atoms with van der Waals surface area (Å²) in [7, 11) is 3.60. The second-order valence-corrected chi connectivity index (χ2v) is 13.6. The molecule has 1 aliphatic heterocycles. The van der Waals surface area contributed by atoms with E-state index in [-0.39, 0.29) is 30.6 Å². The van der Waals surface area contributed by atoms with Crippen LogP contribution in [-0.4, -0.2) is 85.6 Å². The van der Waals surface area contributed by atoms with Gasteiger partial charge in [-0.05, 0) is 100 Å². The first-order chi connectivity index (χ1) is 23.5. The highest BCUT2D eigenvalue weighted by molar-refractivity contribution is 6.42. The van der Waals surface area contributed by atoms with Crippen LogP contribution in [0.3, 0.4) is 0 Å². The number of carbonyl (C=O) groups is 2. The van der Waals surface area contributed by atoms with Crippen LogP contribution in [0.4, 0.5) is 16.2 Å². The lowest BCUT2D eigenvalue weighted by Crippen LogP contribution is -2.47. The van der Waals surface area contributed by atoms with Crippen LogP contribution in [0.5, 0.6) is 11.5 Å². The number of nitrogens with zero attached hydrogens (tertiary/aromatic N) is 2. The first-order valence-electron chi connectivity index (χ1n) is 16.7. The number of aliphatic hydroxyl groups excluding tert-OH is 1. The van der Waals surface area contributed by atoms with Crippen LogP contribution in [-0.2, 0) is 11.3 Å². The predicted octanol–water partition coefficient (Wildman–Crippen LogP) is 7.57. The smallest absolute Gasteiger partial charge is 0.323 e. The van der Waals surface area contributed by atoms with E-state index in [2.05, 4.69) is 22.5 Å². The minimum Gasteiger partial charge on any atom is -0.497 e. The molecule has 0 radical (unpaired) electrons. The number of halogens is 2. The quantitative estimate of drug-likeness (QED) is 0.210. The molecule has 49 heavy (non-hydrogen) atoms. The van der Waals surface area contributed by atoms with Gasteiger partial charge in [-0.1, -0.05) is 36.2 Å². The Morgan fingerprint density at radius 1 is 1.04 bits per heavy atom. The van der Waals surface area contributed by atoms with E-state index in [0.717, 1.165) is 24.8 Å². The minimum atomic E-state index is -0.488. The van der Waals surface area contributed by atoms with E-state index in [4.69, 9.17) is 37.4 Å². The van der Waals surface area contributed by atoms with Crippen LogP contribution in [0, 0.1) is 5.92 Å². The van der Waals surface area contributed by atoms with Gasteiger partial charge >= 0.3 is 6.03 Å². The lowest BCUT2D eigenvalue weighted by Gasteiger charge is -2.36. The number of hydrogen-bond acceptors (Lipinski definition) is 7. The Morgan fingerprint density at radius 3 is 2.45 bits per heavy atom. The van der Waals surface area contributed by atoms with Crippen molar-refractivity contribution in [2.24, 2.45) is 5.92 Å². The number of benzene rings is 3. The molecule has 0 saturated heterocycles. The van der Waals surface area contributed by atoms with Gasteiger partial charge in [0.05, 0.1) is 47.6 Å². The predicted molar refractivity (Wildman–Crippen MR) is 195 cm³/mol. The summed E-state index contributed by atoms with van der Waals surface area (Å²) in [6.45, 7) is 7.80. The SMILES string of the molecule is COc1ccc(NC(=O)Nc2ccc3c(c2)C(=O)N([C@@H](C)CO)C[C@H](C)[C@@H](CN(C)Cc2ccc(Cl)c(Cl)c2)OCCCC[C@H](C)O3)cc1. The summed E-state index contributed by atoms with van der Waals surface area (Å²) in [5.41, 5.74) is 2.34. The fraction of sp³-hybridized carbons (Fsp3) is 0.459. The molecular formula is C37H48Cl2N4O6. The molecule has 0 saturated carbocycles. The largest absolute Gasteiger partial charge is 0.497 e. The first kappa shape index (κ1) is 38.3. The van der Waals surface area contributed by atoms with E-state index in [9.17, 15) is 14.7 Å². The lowest BCUT2D eigenvalue weighted by atomic mass is 10.0. The molecule has 0 aliphatic carbocycles. The molecule has 4 rings (SSSR count). The van der Waals surface area contributed by atoms with Gasteiger partial charge in [0, 0.05) is 43.5 Å². The van der Waals surface area contributed by atoms with E-state index in [0.29, 0.717) is 64.7 Å². The highest BCUT2D eigenvalue weighted by Gasteiger charge is 2.30. The number of amides is 3. The summed E-state index contributed by atoms with van der Waals surface area (Å²) < 4.78 is 18.0. The number of rotatable bonds is 9. The van der Waals surface area contributed by atoms with Crippen molar-refractivity contribution in [2.45, 2.75) is 64.8 Å². The van der Waals surface area contributed by atoms with Crippen molar-refractivity contribution < 1.29 is 28.9 Å². The summed E-state index contributed by atoms with van der Waals surface area (Å²) >= 11 is 12.4. The Kier molecular flexibility index (Phi) is 14.4. The highest BCUT2D eigenvalue weighted by atomic mass is 35.5. The monoisotopic (exact) mass is 714 g/mol. The molecule has 3 aromatic carbocycles. The lowest BCUT2D eigenvalue weighted by molar-refractivity contribution is -0.0177. The summed E-state index contributed by atoms with van der Waals surface area (Å²) in [6.07, 6.45) is 2.17. The van der Waals surface area contributed by atoms with E-state index < -0.39 is 12.1 Å². The fourth-order valence-electron chi connectivity index (χ4n) is 5.75. The van der Waals surface area contributed by atoms with E-state index in [1.54, 1.807) is 60.5 Å². The molecule has 1 aliphatic rings. The standard InChI is InChI=1S/C37H48Cl2N4O6/c1-24-20-43(25(2)23-44)36(45)31-19-29(41-37(46)40-28-10-13-30(47-5)14-11-28)12-16-34(31)49-26(3)8-6-7-17-48-35(24)22-42(4)21-27-9-15-32(38)33(39)18-27/h9-16,18-19,24-26,35,44H,6-8,17,20-23H2,1-5H3,(H2,40,41,46)/t24-,25-,26-,35+/m0/s1. The molecule has 4 atom stereocenters. The van der Waals surface area contributed by atoms with Crippen molar-refractivity contribution in [3.05, 3.63) is 81.8 Å². The number of aliphatic hydroxyl groups is 1. The molecule has 0 bridgehead atoms. The Hall–Kier alpha value is -3.54. The van der Waals surface area contributed by atoms with Crippen molar-refractivity contribution in [3.8, 4) is 11.5 Å². The van der Waals surface area contributed by atoms with Gasteiger partial charge in [-0.3, -0.25) is 9.69 Å². The first-order valence-corrected chi connectivity index (χ1v) is 17.4. The normalized spacial score (nSPS) is 19.7. The van der Waals surface area contributed by atoms with Crippen LogP contribution < -0.4 is 20.1 Å². The molecule has 0 spiro atoms. The Morgan fingerprint density at radius 2 is 1.76 bits per heavy atom. The van der Waals surface area contributed by atoms with Gasteiger partial charge in [-0.15, -0.1) is 0 Å². The number of carbonyl (C=O) groups excluding carboxylic acids is 2. The molecule has 3 aromatic rings. The maximum Gasteiger partial charge on any atom is 0.323 e. The number of methoxy groups -OCH3 is 1. The van der Waals surface area contributed by atoms with Crippen LogP contribution in [0.1, 0.15) is 56.0 Å². The maximum absolute atomic E-state index is 14.4. The third-order valence-electron chi connectivity index (χ3n) is 8.59. The molecule has 0 fully saturated rings. The van der Waals surface area contributed by atoms with Crippen molar-refractivity contribution in [1.29, 1.82) is 0 Å². The average Bonchev–Trinajstić information content (AvgIpc) is 3.08.